The Morgan fingerprint density at radius 2 is 1.38 bits per heavy atom. The van der Waals surface area contributed by atoms with E-state index in [2.05, 4.69) is 86.2 Å². The van der Waals surface area contributed by atoms with Gasteiger partial charge in [-0.2, -0.15) is 0 Å². The summed E-state index contributed by atoms with van der Waals surface area (Å²) in [6.45, 7) is 4.28. The van der Waals surface area contributed by atoms with Crippen molar-refractivity contribution in [2.45, 2.75) is 6.61 Å². The highest BCUT2D eigenvalue weighted by Gasteiger charge is 2.19. The van der Waals surface area contributed by atoms with Crippen molar-refractivity contribution in [3.05, 3.63) is 64.3 Å². The van der Waals surface area contributed by atoms with Gasteiger partial charge in [0.25, 0.3) is 0 Å². The van der Waals surface area contributed by atoms with Gasteiger partial charge in [0, 0.05) is 4.47 Å². The summed E-state index contributed by atoms with van der Waals surface area (Å²) >= 11 is 17.7. The molecule has 0 spiro atoms. The molecule has 0 aromatic heterocycles. The van der Waals surface area contributed by atoms with Crippen LogP contribution in [0.2, 0.25) is 0 Å². The van der Waals surface area contributed by atoms with E-state index in [0.717, 1.165) is 39.2 Å². The summed E-state index contributed by atoms with van der Waals surface area (Å²) in [4.78, 5) is 0. The number of halogens is 5. The molecule has 2 aromatic rings. The van der Waals surface area contributed by atoms with Gasteiger partial charge in [-0.05, 0) is 90.8 Å². The van der Waals surface area contributed by atoms with Gasteiger partial charge >= 0.3 is 0 Å². The molecule has 0 bridgehead atoms. The highest BCUT2D eigenvalue weighted by molar-refractivity contribution is 9.15. The SMILES string of the molecule is C=Cc1ccccc1COc1c(Br)c(Br)c(Br)c(Br)c1Br. The Morgan fingerprint density at radius 3 is 1.95 bits per heavy atom. The van der Waals surface area contributed by atoms with Gasteiger partial charge in [0.15, 0.2) is 5.75 Å². The van der Waals surface area contributed by atoms with E-state index in [9.17, 15) is 0 Å². The molecule has 0 aliphatic heterocycles. The second-order valence-electron chi connectivity index (χ2n) is 4.09. The molecule has 0 fully saturated rings. The number of ether oxygens (including phenoxy) is 1. The van der Waals surface area contributed by atoms with Crippen LogP contribution in [0.25, 0.3) is 6.08 Å². The lowest BCUT2D eigenvalue weighted by atomic mass is 10.1. The predicted octanol–water partition coefficient (Wildman–Crippen LogP) is 7.72. The molecule has 0 unspecified atom stereocenters. The predicted molar refractivity (Wildman–Crippen MR) is 106 cm³/mol. The van der Waals surface area contributed by atoms with Crippen molar-refractivity contribution < 1.29 is 4.74 Å². The highest BCUT2D eigenvalue weighted by Crippen LogP contribution is 2.48. The van der Waals surface area contributed by atoms with E-state index in [4.69, 9.17) is 4.74 Å². The Hall–Kier alpha value is 0.380. The van der Waals surface area contributed by atoms with Gasteiger partial charge in [-0.15, -0.1) is 0 Å². The van der Waals surface area contributed by atoms with E-state index in [1.165, 1.54) is 0 Å². The summed E-state index contributed by atoms with van der Waals surface area (Å²) < 4.78 is 10.4. The van der Waals surface area contributed by atoms with E-state index < -0.39 is 0 Å². The third kappa shape index (κ3) is 3.83. The second kappa shape index (κ2) is 7.77. The van der Waals surface area contributed by atoms with Crippen LogP contribution < -0.4 is 4.74 Å². The molecule has 110 valence electrons. The molecule has 0 radical (unpaired) electrons. The fourth-order valence-corrected chi connectivity index (χ4v) is 4.97. The zero-order valence-corrected chi connectivity index (χ0v) is 18.5. The third-order valence-corrected chi connectivity index (χ3v) is 8.84. The van der Waals surface area contributed by atoms with Crippen molar-refractivity contribution >= 4 is 85.7 Å². The third-order valence-electron chi connectivity index (χ3n) is 2.82. The van der Waals surface area contributed by atoms with Crippen molar-refractivity contribution in [2.75, 3.05) is 0 Å². The first-order valence-electron chi connectivity index (χ1n) is 5.82. The molecule has 0 N–H and O–H groups in total. The van der Waals surface area contributed by atoms with Crippen LogP contribution in [0.3, 0.4) is 0 Å². The summed E-state index contributed by atoms with van der Waals surface area (Å²) in [5.41, 5.74) is 2.15. The van der Waals surface area contributed by atoms with Crippen LogP contribution in [0.1, 0.15) is 11.1 Å². The van der Waals surface area contributed by atoms with Gasteiger partial charge in [-0.1, -0.05) is 36.9 Å². The first-order valence-corrected chi connectivity index (χ1v) is 9.78. The fraction of sp³-hybridized carbons (Fsp3) is 0.0667. The van der Waals surface area contributed by atoms with Crippen LogP contribution in [0, 0.1) is 0 Å². The number of benzene rings is 2. The first kappa shape index (κ1) is 17.7. The molecule has 0 heterocycles. The topological polar surface area (TPSA) is 9.23 Å². The van der Waals surface area contributed by atoms with Crippen molar-refractivity contribution in [3.8, 4) is 5.75 Å². The Balaban J connectivity index is 2.35. The maximum absolute atomic E-state index is 5.99. The fourth-order valence-electron chi connectivity index (χ4n) is 1.73. The molecule has 0 amide bonds. The van der Waals surface area contributed by atoms with E-state index in [0.29, 0.717) is 6.61 Å². The molecule has 1 nitrogen and oxygen atoms in total. The first-order chi connectivity index (χ1) is 9.97. The van der Waals surface area contributed by atoms with Crippen molar-refractivity contribution in [2.24, 2.45) is 0 Å². The minimum absolute atomic E-state index is 0.458. The monoisotopic (exact) mass is 600 g/mol. The summed E-state index contributed by atoms with van der Waals surface area (Å²) in [5, 5.41) is 0. The van der Waals surface area contributed by atoms with Crippen LogP contribution in [0.5, 0.6) is 5.75 Å². The molecule has 6 heteroatoms. The quantitative estimate of drug-likeness (QED) is 0.257. The lowest BCUT2D eigenvalue weighted by Crippen LogP contribution is -2.00. The van der Waals surface area contributed by atoms with Crippen LogP contribution in [0.15, 0.2) is 53.2 Å². The summed E-state index contributed by atoms with van der Waals surface area (Å²) in [6, 6.07) is 8.02. The average molecular weight is 605 g/mol. The van der Waals surface area contributed by atoms with E-state index in [1.54, 1.807) is 0 Å². The average Bonchev–Trinajstić information content (AvgIpc) is 2.51. The summed E-state index contributed by atoms with van der Waals surface area (Å²) in [5.74, 6) is 0.732. The molecule has 0 saturated carbocycles. The van der Waals surface area contributed by atoms with Crippen molar-refractivity contribution in [1.29, 1.82) is 0 Å². The zero-order valence-electron chi connectivity index (χ0n) is 10.6. The Morgan fingerprint density at radius 1 is 0.857 bits per heavy atom. The molecule has 0 saturated heterocycles. The Labute approximate surface area is 165 Å². The van der Waals surface area contributed by atoms with Gasteiger partial charge < -0.3 is 4.74 Å². The minimum atomic E-state index is 0.458. The van der Waals surface area contributed by atoms with Crippen molar-refractivity contribution in [3.63, 3.8) is 0 Å². The van der Waals surface area contributed by atoms with Gasteiger partial charge in [-0.25, -0.2) is 0 Å². The molecular weight excluding hydrogens is 596 g/mol. The molecule has 21 heavy (non-hydrogen) atoms. The molecular formula is C15H9Br5O. The second-order valence-corrected chi connectivity index (χ2v) is 8.06. The normalized spacial score (nSPS) is 10.5. The summed E-state index contributed by atoms with van der Waals surface area (Å²) in [6.07, 6.45) is 1.83. The number of hydrogen-bond acceptors (Lipinski definition) is 1. The molecule has 0 atom stereocenters. The lowest BCUT2D eigenvalue weighted by molar-refractivity contribution is 0.301. The Bertz CT molecular complexity index is 668. The number of rotatable bonds is 4. The zero-order chi connectivity index (χ0) is 15.6. The smallest absolute Gasteiger partial charge is 0.150 e. The standard InChI is InChI=1S/C15H9Br5O/c1-2-8-5-3-4-6-9(8)7-21-15-13(19)11(17)10(16)12(18)14(15)20/h2-6H,1,7H2. The van der Waals surface area contributed by atoms with Crippen LogP contribution in [-0.2, 0) is 6.61 Å². The van der Waals surface area contributed by atoms with Crippen LogP contribution >= 0.6 is 79.6 Å². The van der Waals surface area contributed by atoms with Gasteiger partial charge in [0.05, 0.1) is 17.9 Å². The number of hydrogen-bond donors (Lipinski definition) is 0. The molecule has 2 rings (SSSR count). The summed E-state index contributed by atoms with van der Waals surface area (Å²) in [7, 11) is 0. The van der Waals surface area contributed by atoms with E-state index in [-0.39, 0.29) is 0 Å². The maximum atomic E-state index is 5.99. The Kier molecular flexibility index (Phi) is 6.56. The van der Waals surface area contributed by atoms with Gasteiger partial charge in [0.2, 0.25) is 0 Å². The lowest BCUT2D eigenvalue weighted by Gasteiger charge is -2.15. The van der Waals surface area contributed by atoms with E-state index >= 15 is 0 Å². The maximum Gasteiger partial charge on any atom is 0.150 e. The minimum Gasteiger partial charge on any atom is -0.486 e. The van der Waals surface area contributed by atoms with Crippen LogP contribution in [0.4, 0.5) is 0 Å². The van der Waals surface area contributed by atoms with E-state index in [1.807, 2.05) is 30.3 Å². The van der Waals surface area contributed by atoms with Gasteiger partial charge in [-0.3, -0.25) is 0 Å². The molecule has 0 aliphatic rings. The molecule has 0 aliphatic carbocycles. The van der Waals surface area contributed by atoms with Crippen LogP contribution in [-0.4, -0.2) is 0 Å². The molecule has 2 aromatic carbocycles. The van der Waals surface area contributed by atoms with Gasteiger partial charge in [0.1, 0.15) is 6.61 Å². The highest BCUT2D eigenvalue weighted by atomic mass is 79.9. The van der Waals surface area contributed by atoms with Crippen molar-refractivity contribution in [1.82, 2.24) is 0 Å². The largest absolute Gasteiger partial charge is 0.486 e.